The summed E-state index contributed by atoms with van der Waals surface area (Å²) in [4.78, 5) is 16.1. The lowest BCUT2D eigenvalue weighted by Gasteiger charge is -2.07. The lowest BCUT2D eigenvalue weighted by Crippen LogP contribution is -2.24. The Balaban J connectivity index is 1.46. The number of ether oxygens (including phenoxy) is 1. The summed E-state index contributed by atoms with van der Waals surface area (Å²) < 4.78 is 10.9. The van der Waals surface area contributed by atoms with Crippen LogP contribution in [-0.2, 0) is 11.3 Å². The number of nitrogens with zero attached hydrogens (tertiary/aromatic N) is 1. The van der Waals surface area contributed by atoms with Gasteiger partial charge in [-0.2, -0.15) is 0 Å². The summed E-state index contributed by atoms with van der Waals surface area (Å²) in [5, 5.41) is 2.88. The molecule has 0 unspecified atom stereocenters. The van der Waals surface area contributed by atoms with E-state index >= 15 is 0 Å². The molecule has 0 bridgehead atoms. The van der Waals surface area contributed by atoms with E-state index in [4.69, 9.17) is 9.15 Å². The Labute approximate surface area is 134 Å². The van der Waals surface area contributed by atoms with Crippen molar-refractivity contribution in [2.45, 2.75) is 19.9 Å². The monoisotopic (exact) mass is 310 g/mol. The number of rotatable bonds is 6. The predicted octanol–water partition coefficient (Wildman–Crippen LogP) is 3.22. The Morgan fingerprint density at radius 2 is 2.04 bits per heavy atom. The number of carbonyl (C=O) groups is 1. The highest BCUT2D eigenvalue weighted by atomic mass is 16.5. The summed E-state index contributed by atoms with van der Waals surface area (Å²) in [7, 11) is 0. The Hall–Kier alpha value is -2.82. The quantitative estimate of drug-likeness (QED) is 0.759. The first-order valence-electron chi connectivity index (χ1n) is 7.51. The van der Waals surface area contributed by atoms with Crippen molar-refractivity contribution in [3.8, 4) is 5.75 Å². The molecule has 0 saturated carbocycles. The Kier molecular flexibility index (Phi) is 4.57. The van der Waals surface area contributed by atoms with Gasteiger partial charge in [-0.25, -0.2) is 4.98 Å². The number of amides is 1. The van der Waals surface area contributed by atoms with Crippen molar-refractivity contribution < 1.29 is 13.9 Å². The van der Waals surface area contributed by atoms with E-state index in [1.807, 2.05) is 55.5 Å². The summed E-state index contributed by atoms with van der Waals surface area (Å²) >= 11 is 0. The third kappa shape index (κ3) is 4.10. The third-order valence-electron chi connectivity index (χ3n) is 3.39. The normalized spacial score (nSPS) is 10.7. The van der Waals surface area contributed by atoms with E-state index in [9.17, 15) is 4.79 Å². The first-order valence-corrected chi connectivity index (χ1v) is 7.51. The minimum Gasteiger partial charge on any atom is -0.493 e. The van der Waals surface area contributed by atoms with E-state index in [0.29, 0.717) is 25.5 Å². The van der Waals surface area contributed by atoms with Crippen LogP contribution in [0.4, 0.5) is 0 Å². The van der Waals surface area contributed by atoms with Crippen molar-refractivity contribution in [3.63, 3.8) is 0 Å². The van der Waals surface area contributed by atoms with Gasteiger partial charge in [-0.05, 0) is 29.8 Å². The van der Waals surface area contributed by atoms with Gasteiger partial charge in [0.15, 0.2) is 11.5 Å². The van der Waals surface area contributed by atoms with Gasteiger partial charge in [0.25, 0.3) is 0 Å². The van der Waals surface area contributed by atoms with E-state index in [1.165, 1.54) is 0 Å². The van der Waals surface area contributed by atoms with Gasteiger partial charge in [-0.3, -0.25) is 4.79 Å². The summed E-state index contributed by atoms with van der Waals surface area (Å²) in [6.07, 6.45) is 0.320. The minimum atomic E-state index is -0.0441. The third-order valence-corrected chi connectivity index (χ3v) is 3.39. The van der Waals surface area contributed by atoms with Gasteiger partial charge < -0.3 is 14.5 Å². The Bertz CT molecular complexity index is 796. The molecule has 1 aromatic heterocycles. The summed E-state index contributed by atoms with van der Waals surface area (Å²) in [5.74, 6) is 1.36. The molecule has 0 fully saturated rings. The highest BCUT2D eigenvalue weighted by molar-refractivity contribution is 5.76. The molecule has 3 aromatic rings. The standard InChI is InChI=1S/C18H18N2O3/c1-13-20-16-11-14(7-8-17(16)23-13)12-19-18(21)9-10-22-15-5-3-2-4-6-15/h2-8,11H,9-10,12H2,1H3,(H,19,21). The molecule has 0 aliphatic heterocycles. The molecule has 0 radical (unpaired) electrons. The zero-order valence-corrected chi connectivity index (χ0v) is 12.9. The van der Waals surface area contributed by atoms with Gasteiger partial charge in [0.05, 0.1) is 13.0 Å². The molecule has 0 aliphatic rings. The van der Waals surface area contributed by atoms with Crippen LogP contribution >= 0.6 is 0 Å². The van der Waals surface area contributed by atoms with E-state index in [-0.39, 0.29) is 5.91 Å². The molecular formula is C18H18N2O3. The molecule has 0 atom stereocenters. The van der Waals surface area contributed by atoms with Crippen molar-refractivity contribution >= 4 is 17.0 Å². The molecule has 1 amide bonds. The summed E-state index contributed by atoms with van der Waals surface area (Å²) in [5.41, 5.74) is 2.55. The molecular weight excluding hydrogens is 292 g/mol. The zero-order chi connectivity index (χ0) is 16.1. The number of hydrogen-bond donors (Lipinski definition) is 1. The average molecular weight is 310 g/mol. The fourth-order valence-electron chi connectivity index (χ4n) is 2.27. The average Bonchev–Trinajstić information content (AvgIpc) is 2.93. The second-order valence-corrected chi connectivity index (χ2v) is 5.22. The molecule has 5 heteroatoms. The van der Waals surface area contributed by atoms with Crippen LogP contribution in [0.3, 0.4) is 0 Å². The highest BCUT2D eigenvalue weighted by Crippen LogP contribution is 2.16. The van der Waals surface area contributed by atoms with Crippen LogP contribution in [0.2, 0.25) is 0 Å². The smallest absolute Gasteiger partial charge is 0.223 e. The molecule has 3 rings (SSSR count). The predicted molar refractivity (Wildman–Crippen MR) is 87.1 cm³/mol. The van der Waals surface area contributed by atoms with E-state index in [1.54, 1.807) is 0 Å². The van der Waals surface area contributed by atoms with Crippen molar-refractivity contribution in [1.29, 1.82) is 0 Å². The summed E-state index contributed by atoms with van der Waals surface area (Å²) in [6.45, 7) is 2.64. The molecule has 0 saturated heterocycles. The zero-order valence-electron chi connectivity index (χ0n) is 12.9. The number of aryl methyl sites for hydroxylation is 1. The number of fused-ring (bicyclic) bond motifs is 1. The van der Waals surface area contributed by atoms with Gasteiger partial charge >= 0.3 is 0 Å². The molecule has 1 N–H and O–H groups in total. The van der Waals surface area contributed by atoms with Crippen molar-refractivity contribution in [1.82, 2.24) is 10.3 Å². The number of benzene rings is 2. The maximum Gasteiger partial charge on any atom is 0.223 e. The lowest BCUT2D eigenvalue weighted by atomic mass is 10.2. The Morgan fingerprint density at radius 1 is 1.22 bits per heavy atom. The summed E-state index contributed by atoms with van der Waals surface area (Å²) in [6, 6.07) is 15.2. The molecule has 2 aromatic carbocycles. The number of carbonyl (C=O) groups excluding carboxylic acids is 1. The fraction of sp³-hybridized carbons (Fsp3) is 0.222. The van der Waals surface area contributed by atoms with Crippen LogP contribution in [-0.4, -0.2) is 17.5 Å². The van der Waals surface area contributed by atoms with E-state index in [0.717, 1.165) is 22.4 Å². The topological polar surface area (TPSA) is 64.4 Å². The first kappa shape index (κ1) is 15.1. The van der Waals surface area contributed by atoms with E-state index < -0.39 is 0 Å². The minimum absolute atomic E-state index is 0.0441. The number of oxazole rings is 1. The number of aromatic nitrogens is 1. The molecule has 0 aliphatic carbocycles. The van der Waals surface area contributed by atoms with Crippen LogP contribution in [0.15, 0.2) is 52.9 Å². The molecule has 23 heavy (non-hydrogen) atoms. The van der Waals surface area contributed by atoms with Gasteiger partial charge in [-0.15, -0.1) is 0 Å². The number of hydrogen-bond acceptors (Lipinski definition) is 4. The highest BCUT2D eigenvalue weighted by Gasteiger charge is 2.05. The second kappa shape index (κ2) is 6.96. The first-order chi connectivity index (χ1) is 11.2. The molecule has 0 spiro atoms. The maximum atomic E-state index is 11.8. The second-order valence-electron chi connectivity index (χ2n) is 5.22. The van der Waals surface area contributed by atoms with E-state index in [2.05, 4.69) is 10.3 Å². The largest absolute Gasteiger partial charge is 0.493 e. The van der Waals surface area contributed by atoms with Crippen molar-refractivity contribution in [3.05, 3.63) is 60.0 Å². The number of nitrogens with one attached hydrogen (secondary N) is 1. The Morgan fingerprint density at radius 3 is 2.87 bits per heavy atom. The SMILES string of the molecule is Cc1nc2cc(CNC(=O)CCOc3ccccc3)ccc2o1. The van der Waals surface area contributed by atoms with Crippen molar-refractivity contribution in [2.24, 2.45) is 0 Å². The van der Waals surface area contributed by atoms with Crippen LogP contribution in [0.25, 0.3) is 11.1 Å². The van der Waals surface area contributed by atoms with Crippen LogP contribution in [0.5, 0.6) is 5.75 Å². The molecule has 1 heterocycles. The maximum absolute atomic E-state index is 11.8. The number of para-hydroxylation sites is 1. The van der Waals surface area contributed by atoms with Gasteiger partial charge in [0.1, 0.15) is 11.3 Å². The lowest BCUT2D eigenvalue weighted by molar-refractivity contribution is -0.121. The fourth-order valence-corrected chi connectivity index (χ4v) is 2.27. The van der Waals surface area contributed by atoms with Crippen LogP contribution in [0.1, 0.15) is 17.9 Å². The van der Waals surface area contributed by atoms with Crippen LogP contribution < -0.4 is 10.1 Å². The van der Waals surface area contributed by atoms with Gasteiger partial charge in [0.2, 0.25) is 5.91 Å². The molecule has 5 nitrogen and oxygen atoms in total. The van der Waals surface area contributed by atoms with Crippen LogP contribution in [0, 0.1) is 6.92 Å². The molecule has 118 valence electrons. The van der Waals surface area contributed by atoms with Crippen molar-refractivity contribution in [2.75, 3.05) is 6.61 Å². The van der Waals surface area contributed by atoms with Gasteiger partial charge in [0, 0.05) is 13.5 Å². The van der Waals surface area contributed by atoms with Gasteiger partial charge in [-0.1, -0.05) is 24.3 Å².